The summed E-state index contributed by atoms with van der Waals surface area (Å²) in [6.07, 6.45) is 3.91. The zero-order chi connectivity index (χ0) is 21.3. The first-order valence-corrected chi connectivity index (χ1v) is 10.5. The van der Waals surface area contributed by atoms with Gasteiger partial charge in [0.15, 0.2) is 0 Å². The molecule has 0 fully saturated rings. The summed E-state index contributed by atoms with van der Waals surface area (Å²) in [6, 6.07) is 21.5. The number of rotatable bonds is 5. The fourth-order valence-electron chi connectivity index (χ4n) is 3.93. The normalized spacial score (nSPS) is 11.4. The molecule has 2 nitrogen and oxygen atoms in total. The third-order valence-electron chi connectivity index (χ3n) is 5.50. The lowest BCUT2D eigenvalue weighted by molar-refractivity contribution is 0.628. The zero-order valence-electron chi connectivity index (χ0n) is 17.9. The van der Waals surface area contributed by atoms with Crippen molar-refractivity contribution in [2.24, 2.45) is 0 Å². The lowest BCUT2D eigenvalue weighted by Gasteiger charge is -2.23. The minimum absolute atomic E-state index is 0.213. The Labute approximate surface area is 178 Å². The number of nitrogens with zero attached hydrogens (tertiary/aromatic N) is 2. The van der Waals surface area contributed by atoms with Crippen LogP contribution in [0.1, 0.15) is 50.7 Å². The first kappa shape index (κ1) is 20.1. The second kappa shape index (κ2) is 8.27. The van der Waals surface area contributed by atoms with Crippen molar-refractivity contribution in [3.05, 3.63) is 96.1 Å². The molecule has 1 aromatic heterocycles. The van der Waals surface area contributed by atoms with Gasteiger partial charge < -0.3 is 0 Å². The molecule has 0 amide bonds. The number of halogens is 1. The summed E-state index contributed by atoms with van der Waals surface area (Å²) in [5.74, 6) is 1.37. The molecule has 0 radical (unpaired) electrons. The van der Waals surface area contributed by atoms with Crippen LogP contribution in [0.25, 0.3) is 28.2 Å². The van der Waals surface area contributed by atoms with Gasteiger partial charge >= 0.3 is 0 Å². The number of imidazole rings is 1. The number of benzene rings is 3. The van der Waals surface area contributed by atoms with Gasteiger partial charge in [-0.1, -0.05) is 70.2 Å². The van der Waals surface area contributed by atoms with Crippen LogP contribution in [0, 0.1) is 5.82 Å². The molecule has 3 heteroatoms. The van der Waals surface area contributed by atoms with Gasteiger partial charge in [0.2, 0.25) is 0 Å². The molecule has 0 bridgehead atoms. The molecule has 152 valence electrons. The SMILES string of the molecule is CC(C)c1cc(-c2ccc(F)cc2)cc(C(C)C)c1-n1ccnc1-c1ccccc1. The smallest absolute Gasteiger partial charge is 0.144 e. The minimum atomic E-state index is -0.213. The van der Waals surface area contributed by atoms with E-state index in [1.807, 2.05) is 42.7 Å². The van der Waals surface area contributed by atoms with E-state index < -0.39 is 0 Å². The minimum Gasteiger partial charge on any atom is -0.299 e. The van der Waals surface area contributed by atoms with Crippen LogP contribution in [0.3, 0.4) is 0 Å². The average Bonchev–Trinajstić information content (AvgIpc) is 3.23. The molecule has 0 aliphatic carbocycles. The van der Waals surface area contributed by atoms with Crippen molar-refractivity contribution >= 4 is 0 Å². The van der Waals surface area contributed by atoms with Crippen molar-refractivity contribution in [3.8, 4) is 28.2 Å². The maximum Gasteiger partial charge on any atom is 0.144 e. The van der Waals surface area contributed by atoms with Crippen LogP contribution < -0.4 is 0 Å². The van der Waals surface area contributed by atoms with E-state index in [-0.39, 0.29) is 5.82 Å². The van der Waals surface area contributed by atoms with Crippen LogP contribution in [-0.4, -0.2) is 9.55 Å². The van der Waals surface area contributed by atoms with Crippen LogP contribution >= 0.6 is 0 Å². The van der Waals surface area contributed by atoms with Crippen molar-refractivity contribution in [2.75, 3.05) is 0 Å². The monoisotopic (exact) mass is 398 g/mol. The van der Waals surface area contributed by atoms with Crippen LogP contribution in [0.5, 0.6) is 0 Å². The standard InChI is InChI=1S/C27H27FN2/c1-18(2)24-16-22(20-10-12-23(28)13-11-20)17-25(19(3)4)26(24)30-15-14-29-27(30)21-8-6-5-7-9-21/h5-19H,1-4H3. The molecule has 4 aromatic rings. The second-order valence-corrected chi connectivity index (χ2v) is 8.31. The Morgan fingerprint density at radius 3 is 1.90 bits per heavy atom. The summed E-state index contributed by atoms with van der Waals surface area (Å²) in [7, 11) is 0. The number of hydrogen-bond donors (Lipinski definition) is 0. The topological polar surface area (TPSA) is 17.8 Å². The van der Waals surface area contributed by atoms with Crippen molar-refractivity contribution in [1.29, 1.82) is 0 Å². The highest BCUT2D eigenvalue weighted by atomic mass is 19.1. The summed E-state index contributed by atoms with van der Waals surface area (Å²) in [5.41, 5.74) is 6.95. The van der Waals surface area contributed by atoms with Crippen molar-refractivity contribution in [2.45, 2.75) is 39.5 Å². The maximum absolute atomic E-state index is 13.5. The molecule has 0 atom stereocenters. The van der Waals surface area contributed by atoms with Crippen molar-refractivity contribution in [1.82, 2.24) is 9.55 Å². The molecule has 1 heterocycles. The van der Waals surface area contributed by atoms with E-state index in [1.54, 1.807) is 0 Å². The molecule has 4 rings (SSSR count). The first-order valence-electron chi connectivity index (χ1n) is 10.5. The van der Waals surface area contributed by atoms with E-state index >= 15 is 0 Å². The number of aromatic nitrogens is 2. The summed E-state index contributed by atoms with van der Waals surface area (Å²) >= 11 is 0. The Morgan fingerprint density at radius 2 is 1.33 bits per heavy atom. The Balaban J connectivity index is 1.97. The van der Waals surface area contributed by atoms with Gasteiger partial charge in [-0.3, -0.25) is 4.57 Å². The van der Waals surface area contributed by atoms with Crippen LogP contribution in [-0.2, 0) is 0 Å². The quantitative estimate of drug-likeness (QED) is 0.338. The fourth-order valence-corrected chi connectivity index (χ4v) is 3.93. The molecule has 0 aliphatic heterocycles. The predicted octanol–water partition coefficient (Wildman–Crippen LogP) is 7.59. The van der Waals surface area contributed by atoms with E-state index in [0.717, 1.165) is 22.5 Å². The van der Waals surface area contributed by atoms with E-state index in [9.17, 15) is 4.39 Å². The van der Waals surface area contributed by atoms with E-state index in [1.165, 1.54) is 28.9 Å². The van der Waals surface area contributed by atoms with Gasteiger partial charge in [-0.05, 0) is 58.4 Å². The summed E-state index contributed by atoms with van der Waals surface area (Å²) in [6.45, 7) is 8.88. The van der Waals surface area contributed by atoms with Gasteiger partial charge in [0.1, 0.15) is 11.6 Å². The Hall–Kier alpha value is -3.20. The van der Waals surface area contributed by atoms with Crippen LogP contribution in [0.4, 0.5) is 4.39 Å². The Morgan fingerprint density at radius 1 is 0.733 bits per heavy atom. The summed E-state index contributed by atoms with van der Waals surface area (Å²) in [5, 5.41) is 0. The lowest BCUT2D eigenvalue weighted by atomic mass is 9.88. The molecule has 0 saturated carbocycles. The largest absolute Gasteiger partial charge is 0.299 e. The highest BCUT2D eigenvalue weighted by Crippen LogP contribution is 2.37. The molecule has 30 heavy (non-hydrogen) atoms. The third kappa shape index (κ3) is 3.80. The van der Waals surface area contributed by atoms with Crippen molar-refractivity contribution in [3.63, 3.8) is 0 Å². The van der Waals surface area contributed by atoms with Crippen molar-refractivity contribution < 1.29 is 4.39 Å². The Kier molecular flexibility index (Phi) is 5.54. The number of hydrogen-bond acceptors (Lipinski definition) is 1. The van der Waals surface area contributed by atoms with Gasteiger partial charge in [-0.25, -0.2) is 9.37 Å². The zero-order valence-corrected chi connectivity index (χ0v) is 17.9. The van der Waals surface area contributed by atoms with Gasteiger partial charge in [0.25, 0.3) is 0 Å². The molecule has 0 N–H and O–H groups in total. The molecule has 0 unspecified atom stereocenters. The van der Waals surface area contributed by atoms with E-state index in [2.05, 4.69) is 61.5 Å². The third-order valence-corrected chi connectivity index (χ3v) is 5.50. The van der Waals surface area contributed by atoms with E-state index in [0.29, 0.717) is 11.8 Å². The van der Waals surface area contributed by atoms with Crippen LogP contribution in [0.15, 0.2) is 79.1 Å². The van der Waals surface area contributed by atoms with Gasteiger partial charge in [0, 0.05) is 18.0 Å². The maximum atomic E-state index is 13.5. The molecule has 0 saturated heterocycles. The summed E-state index contributed by atoms with van der Waals surface area (Å²) in [4.78, 5) is 4.68. The van der Waals surface area contributed by atoms with Gasteiger partial charge in [0.05, 0.1) is 5.69 Å². The highest BCUT2D eigenvalue weighted by Gasteiger charge is 2.20. The summed E-state index contributed by atoms with van der Waals surface area (Å²) < 4.78 is 15.7. The average molecular weight is 399 g/mol. The highest BCUT2D eigenvalue weighted by molar-refractivity contribution is 5.71. The Bertz CT molecular complexity index is 1110. The second-order valence-electron chi connectivity index (χ2n) is 8.31. The predicted molar refractivity (Wildman–Crippen MR) is 123 cm³/mol. The molecular formula is C27H27FN2. The molecule has 0 aliphatic rings. The molecular weight excluding hydrogens is 371 g/mol. The fraction of sp³-hybridized carbons (Fsp3) is 0.222. The first-order chi connectivity index (χ1) is 14.5. The lowest BCUT2D eigenvalue weighted by Crippen LogP contribution is -2.08. The van der Waals surface area contributed by atoms with Gasteiger partial charge in [-0.2, -0.15) is 0 Å². The molecule has 0 spiro atoms. The van der Waals surface area contributed by atoms with E-state index in [4.69, 9.17) is 0 Å². The molecule has 3 aromatic carbocycles. The van der Waals surface area contributed by atoms with Crippen LogP contribution in [0.2, 0.25) is 0 Å². The van der Waals surface area contributed by atoms with Gasteiger partial charge in [-0.15, -0.1) is 0 Å².